The van der Waals surface area contributed by atoms with E-state index in [0.717, 1.165) is 5.56 Å². The number of aryl methyl sites for hydroxylation is 2. The van der Waals surface area contributed by atoms with E-state index in [2.05, 4.69) is 20.8 Å². The lowest BCUT2D eigenvalue weighted by atomic mass is 10.1. The van der Waals surface area contributed by atoms with Crippen LogP contribution in [0.5, 0.6) is 0 Å². The number of H-pyrrole nitrogens is 1. The summed E-state index contributed by atoms with van der Waals surface area (Å²) in [7, 11) is 0. The topological polar surface area (TPSA) is 137 Å². The highest BCUT2D eigenvalue weighted by atomic mass is 16.2. The number of nitriles is 1. The van der Waals surface area contributed by atoms with Gasteiger partial charge in [0.1, 0.15) is 11.6 Å². The number of aromatic nitrogens is 2. The Labute approximate surface area is 139 Å². The first-order valence-electron chi connectivity index (χ1n) is 7.40. The van der Waals surface area contributed by atoms with E-state index in [4.69, 9.17) is 11.0 Å². The standard InChI is InChI=1S/C16H18N6O2/c1-10-4-6-11(7-5-10)20-16(24)15(23)19-8-2-3-13-12(9-17)14(18)22-21-13/h4-7H,2-3,8H2,1H3,(H,19,23)(H,20,24)(H3,18,21,22). The van der Waals surface area contributed by atoms with Gasteiger partial charge in [-0.05, 0) is 31.9 Å². The first-order chi connectivity index (χ1) is 11.5. The Morgan fingerprint density at radius 1 is 1.29 bits per heavy atom. The van der Waals surface area contributed by atoms with Crippen LogP contribution in [0.15, 0.2) is 24.3 Å². The van der Waals surface area contributed by atoms with Crippen molar-refractivity contribution in [1.29, 1.82) is 5.26 Å². The van der Waals surface area contributed by atoms with Crippen LogP contribution < -0.4 is 16.4 Å². The molecule has 0 aliphatic heterocycles. The predicted octanol–water partition coefficient (Wildman–Crippen LogP) is 0.859. The highest BCUT2D eigenvalue weighted by molar-refractivity contribution is 6.39. The highest BCUT2D eigenvalue weighted by Gasteiger charge is 2.14. The monoisotopic (exact) mass is 326 g/mol. The quantitative estimate of drug-likeness (QED) is 0.477. The average Bonchev–Trinajstić information content (AvgIpc) is 2.93. The third-order valence-corrected chi connectivity index (χ3v) is 3.39. The van der Waals surface area contributed by atoms with Gasteiger partial charge in [-0.25, -0.2) is 0 Å². The summed E-state index contributed by atoms with van der Waals surface area (Å²) >= 11 is 0. The second-order valence-electron chi connectivity index (χ2n) is 5.25. The summed E-state index contributed by atoms with van der Waals surface area (Å²) in [5.41, 5.74) is 8.10. The summed E-state index contributed by atoms with van der Waals surface area (Å²) in [6, 6.07) is 9.12. The van der Waals surface area contributed by atoms with Gasteiger partial charge in [-0.1, -0.05) is 17.7 Å². The number of nitrogens with one attached hydrogen (secondary N) is 3. The van der Waals surface area contributed by atoms with Gasteiger partial charge in [0.2, 0.25) is 0 Å². The molecule has 0 radical (unpaired) electrons. The molecule has 24 heavy (non-hydrogen) atoms. The van der Waals surface area contributed by atoms with Crippen molar-refractivity contribution in [2.75, 3.05) is 17.6 Å². The average molecular weight is 326 g/mol. The number of aromatic amines is 1. The minimum absolute atomic E-state index is 0.161. The van der Waals surface area contributed by atoms with E-state index in [9.17, 15) is 9.59 Å². The third kappa shape index (κ3) is 4.33. The Kier molecular flexibility index (Phi) is 5.52. The first kappa shape index (κ1) is 17.0. The number of amides is 2. The van der Waals surface area contributed by atoms with Crippen LogP contribution in [0.1, 0.15) is 23.2 Å². The number of rotatable bonds is 5. The van der Waals surface area contributed by atoms with E-state index < -0.39 is 11.8 Å². The van der Waals surface area contributed by atoms with Crippen molar-refractivity contribution in [2.24, 2.45) is 0 Å². The summed E-state index contributed by atoms with van der Waals surface area (Å²) in [6.45, 7) is 2.23. The number of nitrogens with zero attached hydrogens (tertiary/aromatic N) is 2. The fourth-order valence-electron chi connectivity index (χ4n) is 2.07. The molecule has 0 saturated carbocycles. The lowest BCUT2D eigenvalue weighted by Gasteiger charge is -2.06. The molecule has 8 heteroatoms. The molecule has 0 unspecified atom stereocenters. The zero-order chi connectivity index (χ0) is 17.5. The van der Waals surface area contributed by atoms with Crippen molar-refractivity contribution in [3.8, 4) is 6.07 Å². The maximum atomic E-state index is 11.8. The van der Waals surface area contributed by atoms with Crippen LogP contribution in [0.3, 0.4) is 0 Å². The zero-order valence-corrected chi connectivity index (χ0v) is 13.2. The van der Waals surface area contributed by atoms with Crippen LogP contribution in [0.2, 0.25) is 0 Å². The Bertz CT molecular complexity index is 773. The third-order valence-electron chi connectivity index (χ3n) is 3.39. The lowest BCUT2D eigenvalue weighted by molar-refractivity contribution is -0.136. The van der Waals surface area contributed by atoms with E-state index in [1.807, 2.05) is 25.1 Å². The van der Waals surface area contributed by atoms with Gasteiger partial charge >= 0.3 is 11.8 Å². The smallest absolute Gasteiger partial charge is 0.313 e. The Morgan fingerprint density at radius 3 is 2.67 bits per heavy atom. The van der Waals surface area contributed by atoms with Crippen molar-refractivity contribution < 1.29 is 9.59 Å². The Morgan fingerprint density at radius 2 is 2.00 bits per heavy atom. The van der Waals surface area contributed by atoms with Crippen molar-refractivity contribution in [2.45, 2.75) is 19.8 Å². The molecule has 0 fully saturated rings. The molecule has 0 atom stereocenters. The molecule has 0 aliphatic rings. The molecule has 2 aromatic rings. The van der Waals surface area contributed by atoms with E-state index in [1.54, 1.807) is 12.1 Å². The molecule has 0 spiro atoms. The molecule has 5 N–H and O–H groups in total. The largest absolute Gasteiger partial charge is 0.381 e. The molecule has 0 aliphatic carbocycles. The molecule has 0 bridgehead atoms. The minimum Gasteiger partial charge on any atom is -0.381 e. The summed E-state index contributed by atoms with van der Waals surface area (Å²) in [5.74, 6) is -1.27. The zero-order valence-electron chi connectivity index (χ0n) is 13.2. The number of nitrogens with two attached hydrogens (primary N) is 1. The molecule has 2 rings (SSSR count). The Balaban J connectivity index is 1.75. The van der Waals surface area contributed by atoms with Crippen molar-refractivity contribution >= 4 is 23.3 Å². The van der Waals surface area contributed by atoms with Crippen LogP contribution in [0.4, 0.5) is 11.5 Å². The summed E-state index contributed by atoms with van der Waals surface area (Å²) in [5, 5.41) is 20.4. The van der Waals surface area contributed by atoms with E-state index >= 15 is 0 Å². The van der Waals surface area contributed by atoms with E-state index in [1.165, 1.54) is 0 Å². The maximum Gasteiger partial charge on any atom is 0.313 e. The Hall–Kier alpha value is -3.34. The molecule has 124 valence electrons. The molecule has 1 aromatic carbocycles. The van der Waals surface area contributed by atoms with Crippen molar-refractivity contribution in [3.05, 3.63) is 41.1 Å². The minimum atomic E-state index is -0.720. The van der Waals surface area contributed by atoms with Gasteiger partial charge < -0.3 is 16.4 Å². The molecule has 1 heterocycles. The SMILES string of the molecule is Cc1ccc(NC(=O)C(=O)NCCCc2[nH]nc(N)c2C#N)cc1. The number of benzene rings is 1. The number of anilines is 2. The molecule has 8 nitrogen and oxygen atoms in total. The van der Waals surface area contributed by atoms with Crippen molar-refractivity contribution in [3.63, 3.8) is 0 Å². The summed E-state index contributed by atoms with van der Waals surface area (Å²) in [4.78, 5) is 23.5. The van der Waals surface area contributed by atoms with Crippen LogP contribution >= 0.6 is 0 Å². The summed E-state index contributed by atoms with van der Waals surface area (Å²) in [6.07, 6.45) is 1.03. The maximum absolute atomic E-state index is 11.8. The molecule has 0 saturated heterocycles. The van der Waals surface area contributed by atoms with Gasteiger partial charge in [-0.3, -0.25) is 14.7 Å². The molecule has 2 amide bonds. The molecular formula is C16H18N6O2. The summed E-state index contributed by atoms with van der Waals surface area (Å²) < 4.78 is 0. The molecular weight excluding hydrogens is 308 g/mol. The number of carbonyl (C=O) groups excluding carboxylic acids is 2. The number of hydrogen-bond acceptors (Lipinski definition) is 5. The fraction of sp³-hybridized carbons (Fsp3) is 0.250. The normalized spacial score (nSPS) is 10.0. The van der Waals surface area contributed by atoms with Gasteiger partial charge in [-0.2, -0.15) is 10.4 Å². The number of hydrogen-bond donors (Lipinski definition) is 4. The van der Waals surface area contributed by atoms with Crippen LogP contribution in [0, 0.1) is 18.3 Å². The predicted molar refractivity (Wildman–Crippen MR) is 88.9 cm³/mol. The second kappa shape index (κ2) is 7.78. The highest BCUT2D eigenvalue weighted by Crippen LogP contribution is 2.13. The van der Waals surface area contributed by atoms with Crippen LogP contribution in [-0.4, -0.2) is 28.6 Å². The van der Waals surface area contributed by atoms with Gasteiger partial charge in [0, 0.05) is 12.2 Å². The van der Waals surface area contributed by atoms with Gasteiger partial charge in [-0.15, -0.1) is 0 Å². The van der Waals surface area contributed by atoms with E-state index in [0.29, 0.717) is 36.3 Å². The van der Waals surface area contributed by atoms with Gasteiger partial charge in [0.05, 0.1) is 5.69 Å². The van der Waals surface area contributed by atoms with Crippen LogP contribution in [-0.2, 0) is 16.0 Å². The number of nitrogen functional groups attached to an aromatic ring is 1. The van der Waals surface area contributed by atoms with Crippen molar-refractivity contribution in [1.82, 2.24) is 15.5 Å². The molecule has 1 aromatic heterocycles. The lowest BCUT2D eigenvalue weighted by Crippen LogP contribution is -2.36. The number of carbonyl (C=O) groups is 2. The van der Waals surface area contributed by atoms with Crippen LogP contribution in [0.25, 0.3) is 0 Å². The van der Waals surface area contributed by atoms with Gasteiger partial charge in [0.25, 0.3) is 0 Å². The van der Waals surface area contributed by atoms with Gasteiger partial charge in [0.15, 0.2) is 5.82 Å². The first-order valence-corrected chi connectivity index (χ1v) is 7.40. The second-order valence-corrected chi connectivity index (χ2v) is 5.25. The van der Waals surface area contributed by atoms with E-state index in [-0.39, 0.29) is 5.82 Å². The fourth-order valence-corrected chi connectivity index (χ4v) is 2.07.